The van der Waals surface area contributed by atoms with Gasteiger partial charge in [0.15, 0.2) is 0 Å². The van der Waals surface area contributed by atoms with Crippen molar-refractivity contribution in [1.82, 2.24) is 5.06 Å². The smallest absolute Gasteiger partial charge is 0.258 e. The molecule has 2 amide bonds. The van der Waals surface area contributed by atoms with Gasteiger partial charge in [-0.1, -0.05) is 77.8 Å². The van der Waals surface area contributed by atoms with Crippen LogP contribution in [0.25, 0.3) is 0 Å². The lowest BCUT2D eigenvalue weighted by Crippen LogP contribution is -2.41. The van der Waals surface area contributed by atoms with Gasteiger partial charge in [0.1, 0.15) is 6.61 Å². The van der Waals surface area contributed by atoms with E-state index in [0.29, 0.717) is 10.0 Å². The number of carbonyl (C=O) groups excluding carboxylic acids is 2. The third-order valence-corrected chi connectivity index (χ3v) is 7.49. The first-order valence-electron chi connectivity index (χ1n) is 10.2. The predicted molar refractivity (Wildman–Crippen MR) is 117 cm³/mol. The maximum Gasteiger partial charge on any atom is 0.258 e. The van der Waals surface area contributed by atoms with Gasteiger partial charge in [0.2, 0.25) is 0 Å². The summed E-state index contributed by atoms with van der Waals surface area (Å²) in [6.07, 6.45) is 0. The predicted octanol–water partition coefficient (Wildman–Crippen LogP) is 5.32. The Bertz CT molecular complexity index is 1140. The number of carbonyl (C=O) groups is 2. The average Bonchev–Trinajstić information content (AvgIpc) is 3.05. The van der Waals surface area contributed by atoms with Crippen LogP contribution in [0.5, 0.6) is 0 Å². The molecule has 1 aliphatic heterocycles. The molecule has 0 radical (unpaired) electrons. The number of benzene rings is 3. The second kappa shape index (κ2) is 6.92. The first-order valence-corrected chi connectivity index (χ1v) is 10.9. The fourth-order valence-corrected chi connectivity index (χ4v) is 5.87. The van der Waals surface area contributed by atoms with Gasteiger partial charge in [-0.25, -0.2) is 0 Å². The number of amides is 2. The summed E-state index contributed by atoms with van der Waals surface area (Å²) in [6, 6.07) is 21.4. The molecule has 2 atom stereocenters. The third kappa shape index (κ3) is 2.65. The van der Waals surface area contributed by atoms with Crippen LogP contribution >= 0.6 is 23.2 Å². The first-order chi connectivity index (χ1) is 15.1. The largest absolute Gasteiger partial charge is 0.272 e. The summed E-state index contributed by atoms with van der Waals surface area (Å²) in [6.45, 7) is 0.0586. The van der Waals surface area contributed by atoms with Gasteiger partial charge in [-0.15, -0.1) is 0 Å². The summed E-state index contributed by atoms with van der Waals surface area (Å²) in [5, 5.41) is 1.83. The van der Waals surface area contributed by atoms with Gasteiger partial charge in [0.25, 0.3) is 11.8 Å². The van der Waals surface area contributed by atoms with Gasteiger partial charge in [0, 0.05) is 11.8 Å². The van der Waals surface area contributed by atoms with Gasteiger partial charge in [-0.2, -0.15) is 5.06 Å². The maximum atomic E-state index is 13.4. The van der Waals surface area contributed by atoms with Crippen molar-refractivity contribution in [3.8, 4) is 0 Å². The Morgan fingerprint density at radius 2 is 1.19 bits per heavy atom. The lowest BCUT2D eigenvalue weighted by molar-refractivity contribution is -0.193. The van der Waals surface area contributed by atoms with Crippen molar-refractivity contribution in [2.75, 3.05) is 0 Å². The molecule has 0 aromatic heterocycles. The molecule has 2 bridgehead atoms. The zero-order chi connectivity index (χ0) is 21.3. The first kappa shape index (κ1) is 19.1. The van der Waals surface area contributed by atoms with E-state index in [0.717, 1.165) is 32.9 Å². The molecule has 3 aliphatic carbocycles. The Morgan fingerprint density at radius 1 is 0.710 bits per heavy atom. The Kier molecular flexibility index (Phi) is 4.26. The minimum atomic E-state index is -0.448. The van der Waals surface area contributed by atoms with E-state index >= 15 is 0 Å². The van der Waals surface area contributed by atoms with Crippen molar-refractivity contribution in [2.45, 2.75) is 18.4 Å². The van der Waals surface area contributed by atoms with Gasteiger partial charge in [-0.05, 0) is 39.9 Å². The van der Waals surface area contributed by atoms with Crippen molar-refractivity contribution in [3.05, 3.63) is 105 Å². The molecule has 1 heterocycles. The topological polar surface area (TPSA) is 46.6 Å². The molecular formula is C25H17Cl2NO3. The van der Waals surface area contributed by atoms with Crippen LogP contribution in [0.4, 0.5) is 0 Å². The summed E-state index contributed by atoms with van der Waals surface area (Å²) in [4.78, 5) is 32.6. The second-order valence-corrected chi connectivity index (χ2v) is 9.07. The van der Waals surface area contributed by atoms with E-state index in [1.165, 1.54) is 0 Å². The quantitative estimate of drug-likeness (QED) is 0.508. The highest BCUT2D eigenvalue weighted by atomic mass is 35.5. The third-order valence-electron chi connectivity index (χ3n) is 6.75. The highest BCUT2D eigenvalue weighted by Crippen LogP contribution is 2.60. The van der Waals surface area contributed by atoms with Crippen LogP contribution < -0.4 is 0 Å². The Balaban J connectivity index is 1.38. The van der Waals surface area contributed by atoms with Gasteiger partial charge in [-0.3, -0.25) is 14.4 Å². The molecule has 0 saturated carbocycles. The molecule has 4 aliphatic rings. The van der Waals surface area contributed by atoms with E-state index in [1.54, 1.807) is 18.2 Å². The molecule has 3 aromatic rings. The van der Waals surface area contributed by atoms with Crippen LogP contribution in [0.3, 0.4) is 0 Å². The average molecular weight is 450 g/mol. The summed E-state index contributed by atoms with van der Waals surface area (Å²) in [7, 11) is 0. The molecule has 31 heavy (non-hydrogen) atoms. The molecule has 0 N–H and O–H groups in total. The number of imide groups is 1. The molecule has 0 spiro atoms. The van der Waals surface area contributed by atoms with E-state index < -0.39 is 11.8 Å². The Labute approximate surface area is 189 Å². The molecule has 3 aromatic carbocycles. The van der Waals surface area contributed by atoms with Crippen LogP contribution in [0, 0.1) is 11.8 Å². The van der Waals surface area contributed by atoms with Crippen LogP contribution in [0.1, 0.15) is 39.7 Å². The highest BCUT2D eigenvalue weighted by Gasteiger charge is 2.62. The lowest BCUT2D eigenvalue weighted by Gasteiger charge is -2.45. The minimum absolute atomic E-state index is 0.0586. The van der Waals surface area contributed by atoms with Gasteiger partial charge < -0.3 is 0 Å². The summed E-state index contributed by atoms with van der Waals surface area (Å²) >= 11 is 12.1. The van der Waals surface area contributed by atoms with Crippen molar-refractivity contribution >= 4 is 35.0 Å². The highest BCUT2D eigenvalue weighted by molar-refractivity contribution is 6.42. The molecule has 1 saturated heterocycles. The number of hydroxylamine groups is 2. The Morgan fingerprint density at radius 3 is 1.65 bits per heavy atom. The number of halogens is 2. The summed E-state index contributed by atoms with van der Waals surface area (Å²) < 4.78 is 0. The normalized spacial score (nSPS) is 25.4. The fraction of sp³-hybridized carbons (Fsp3) is 0.200. The van der Waals surface area contributed by atoms with Crippen LogP contribution in [-0.2, 0) is 21.0 Å². The van der Waals surface area contributed by atoms with E-state index in [1.807, 2.05) is 24.3 Å². The molecule has 7 rings (SSSR count). The van der Waals surface area contributed by atoms with Crippen molar-refractivity contribution in [2.24, 2.45) is 11.8 Å². The van der Waals surface area contributed by atoms with Gasteiger partial charge in [0.05, 0.1) is 21.9 Å². The van der Waals surface area contributed by atoms with Crippen molar-refractivity contribution < 1.29 is 14.4 Å². The maximum absolute atomic E-state index is 13.4. The second-order valence-electron chi connectivity index (χ2n) is 8.26. The lowest BCUT2D eigenvalue weighted by atomic mass is 9.55. The van der Waals surface area contributed by atoms with Crippen molar-refractivity contribution in [3.63, 3.8) is 0 Å². The molecule has 1 fully saturated rings. The van der Waals surface area contributed by atoms with E-state index in [-0.39, 0.29) is 30.3 Å². The van der Waals surface area contributed by atoms with E-state index in [2.05, 4.69) is 24.3 Å². The monoisotopic (exact) mass is 449 g/mol. The number of hydrogen-bond acceptors (Lipinski definition) is 3. The molecule has 4 nitrogen and oxygen atoms in total. The minimum Gasteiger partial charge on any atom is -0.272 e. The van der Waals surface area contributed by atoms with Crippen molar-refractivity contribution in [1.29, 1.82) is 0 Å². The SMILES string of the molecule is O=C1[C@H]2C3c4ccccc4C(c4ccccc43)[C@@H]2C(=O)N1OCc1ccc(Cl)c(Cl)c1. The molecule has 154 valence electrons. The summed E-state index contributed by atoms with van der Waals surface area (Å²) in [5.41, 5.74) is 5.29. The van der Waals surface area contributed by atoms with E-state index in [4.69, 9.17) is 28.0 Å². The number of hydrogen-bond donors (Lipinski definition) is 0. The van der Waals surface area contributed by atoms with Crippen LogP contribution in [-0.4, -0.2) is 16.9 Å². The number of nitrogens with zero attached hydrogens (tertiary/aromatic N) is 1. The zero-order valence-electron chi connectivity index (χ0n) is 16.3. The molecule has 6 heteroatoms. The zero-order valence-corrected chi connectivity index (χ0v) is 17.8. The fourth-order valence-electron chi connectivity index (χ4n) is 5.55. The van der Waals surface area contributed by atoms with Gasteiger partial charge >= 0.3 is 0 Å². The standard InChI is InChI=1S/C25H17Cl2NO3/c26-18-10-9-13(11-19(18)27)12-31-28-24(29)22-20-14-5-1-2-6-15(14)21(23(22)25(28)30)17-8-4-3-7-16(17)20/h1-11,20-23H,12H2/t20?,21?,22-,23-/m0/s1. The molecular weight excluding hydrogens is 433 g/mol. The van der Waals surface area contributed by atoms with Crippen LogP contribution in [0.15, 0.2) is 66.7 Å². The number of rotatable bonds is 3. The molecule has 0 unspecified atom stereocenters. The van der Waals surface area contributed by atoms with Crippen LogP contribution in [0.2, 0.25) is 10.0 Å². The van der Waals surface area contributed by atoms with E-state index in [9.17, 15) is 9.59 Å². The Hall–Kier alpha value is -2.66. The summed E-state index contributed by atoms with van der Waals surface area (Å²) in [5.74, 6) is -1.72.